The summed E-state index contributed by atoms with van der Waals surface area (Å²) in [7, 11) is -4.38. The summed E-state index contributed by atoms with van der Waals surface area (Å²) in [6, 6.07) is 0. The number of esters is 2. The Labute approximate surface area is 305 Å². The number of phosphoric acid groups is 1. The highest BCUT2D eigenvalue weighted by Crippen LogP contribution is 2.43. The minimum absolute atomic E-state index is 0.0470. The third-order valence-electron chi connectivity index (χ3n) is 7.97. The molecular formula is C40H72NO8P. The maximum atomic E-state index is 12.5. The Balaban J connectivity index is 4.27. The van der Waals surface area contributed by atoms with Crippen molar-refractivity contribution in [2.75, 3.05) is 26.4 Å². The van der Waals surface area contributed by atoms with Crippen LogP contribution in [0.5, 0.6) is 0 Å². The van der Waals surface area contributed by atoms with Gasteiger partial charge in [-0.15, -0.1) is 0 Å². The van der Waals surface area contributed by atoms with Crippen LogP contribution < -0.4 is 5.73 Å². The zero-order valence-corrected chi connectivity index (χ0v) is 32.5. The lowest BCUT2D eigenvalue weighted by Gasteiger charge is -2.19. The van der Waals surface area contributed by atoms with Gasteiger partial charge in [-0.3, -0.25) is 18.6 Å². The normalized spacial score (nSPS) is 13.9. The van der Waals surface area contributed by atoms with Crippen LogP contribution in [0.3, 0.4) is 0 Å². The van der Waals surface area contributed by atoms with Gasteiger partial charge in [0.05, 0.1) is 13.2 Å². The van der Waals surface area contributed by atoms with Crippen LogP contribution in [0.1, 0.15) is 162 Å². The molecule has 0 spiro atoms. The highest BCUT2D eigenvalue weighted by molar-refractivity contribution is 7.47. The summed E-state index contributed by atoms with van der Waals surface area (Å²) in [5.41, 5.74) is 5.33. The Morgan fingerprint density at radius 2 is 1.12 bits per heavy atom. The Hall–Kier alpha value is -2.03. The first-order valence-corrected chi connectivity index (χ1v) is 21.1. The summed E-state index contributed by atoms with van der Waals surface area (Å²) in [5.74, 6) is -0.867. The van der Waals surface area contributed by atoms with E-state index in [4.69, 9.17) is 24.3 Å². The van der Waals surface area contributed by atoms with E-state index in [0.717, 1.165) is 83.5 Å². The van der Waals surface area contributed by atoms with Gasteiger partial charge in [0.1, 0.15) is 6.61 Å². The summed E-state index contributed by atoms with van der Waals surface area (Å²) in [4.78, 5) is 34.7. The molecule has 0 heterocycles. The number of rotatable bonds is 36. The van der Waals surface area contributed by atoms with Gasteiger partial charge in [0.2, 0.25) is 0 Å². The van der Waals surface area contributed by atoms with Gasteiger partial charge in [0.25, 0.3) is 0 Å². The summed E-state index contributed by atoms with van der Waals surface area (Å²) < 4.78 is 32.6. The van der Waals surface area contributed by atoms with E-state index in [0.29, 0.717) is 12.8 Å². The molecule has 0 bridgehead atoms. The predicted octanol–water partition coefficient (Wildman–Crippen LogP) is 10.8. The molecule has 0 saturated carbocycles. The topological polar surface area (TPSA) is 134 Å². The molecule has 290 valence electrons. The molecule has 9 nitrogen and oxygen atoms in total. The van der Waals surface area contributed by atoms with Crippen LogP contribution >= 0.6 is 7.82 Å². The van der Waals surface area contributed by atoms with Crippen LogP contribution in [0.4, 0.5) is 0 Å². The Morgan fingerprint density at radius 3 is 1.70 bits per heavy atom. The van der Waals surface area contributed by atoms with Crippen molar-refractivity contribution in [2.24, 2.45) is 5.73 Å². The van der Waals surface area contributed by atoms with Crippen molar-refractivity contribution in [3.05, 3.63) is 48.6 Å². The first-order valence-electron chi connectivity index (χ1n) is 19.6. The van der Waals surface area contributed by atoms with Crippen LogP contribution in [-0.2, 0) is 32.7 Å². The molecule has 0 rings (SSSR count). The van der Waals surface area contributed by atoms with Crippen molar-refractivity contribution in [1.82, 2.24) is 0 Å². The highest BCUT2D eigenvalue weighted by atomic mass is 31.2. The van der Waals surface area contributed by atoms with Gasteiger partial charge in [0, 0.05) is 19.4 Å². The van der Waals surface area contributed by atoms with E-state index in [9.17, 15) is 19.0 Å². The second-order valence-corrected chi connectivity index (χ2v) is 14.3. The van der Waals surface area contributed by atoms with Crippen LogP contribution in [0, 0.1) is 0 Å². The van der Waals surface area contributed by atoms with Gasteiger partial charge < -0.3 is 20.1 Å². The summed E-state index contributed by atoms with van der Waals surface area (Å²) in [6.45, 7) is 3.62. The summed E-state index contributed by atoms with van der Waals surface area (Å²) >= 11 is 0. The average Bonchev–Trinajstić information content (AvgIpc) is 3.10. The molecule has 0 aromatic carbocycles. The van der Waals surface area contributed by atoms with Gasteiger partial charge in [0.15, 0.2) is 6.10 Å². The number of carbonyl (C=O) groups is 2. The fourth-order valence-electron chi connectivity index (χ4n) is 4.99. The zero-order chi connectivity index (χ0) is 36.8. The molecule has 0 aromatic heterocycles. The van der Waals surface area contributed by atoms with Gasteiger partial charge in [-0.25, -0.2) is 4.57 Å². The quantitative estimate of drug-likeness (QED) is 0.0213. The van der Waals surface area contributed by atoms with Crippen molar-refractivity contribution in [3.8, 4) is 0 Å². The standard InChI is InChI=1S/C40H72NO8P/c1-3-5-7-9-11-13-15-17-19-21-23-25-27-29-31-33-40(43)49-38(37-48-50(44,45)47-35-34-41)36-46-39(42)32-30-28-26-24-22-20-18-16-14-12-10-8-6-4-2/h10,12-13,15-19,38H,3-9,11,14,20-37,41H2,1-2H3,(H,44,45)/b12-10+,15-13+,18-16+,19-17+/t38-/m1/s1. The van der Waals surface area contributed by atoms with Crippen LogP contribution in [0.15, 0.2) is 48.6 Å². The third kappa shape index (κ3) is 35.8. The van der Waals surface area contributed by atoms with E-state index in [2.05, 4.69) is 62.5 Å². The van der Waals surface area contributed by atoms with E-state index in [1.54, 1.807) is 0 Å². The first kappa shape index (κ1) is 48.0. The van der Waals surface area contributed by atoms with Crippen LogP contribution in [0.25, 0.3) is 0 Å². The second-order valence-electron chi connectivity index (χ2n) is 12.8. The molecule has 50 heavy (non-hydrogen) atoms. The van der Waals surface area contributed by atoms with Crippen molar-refractivity contribution >= 4 is 19.8 Å². The lowest BCUT2D eigenvalue weighted by Crippen LogP contribution is -2.29. The smallest absolute Gasteiger partial charge is 0.462 e. The Bertz CT molecular complexity index is 965. The molecule has 0 fully saturated rings. The highest BCUT2D eigenvalue weighted by Gasteiger charge is 2.25. The minimum Gasteiger partial charge on any atom is -0.462 e. The fraction of sp³-hybridized carbons (Fsp3) is 0.750. The largest absolute Gasteiger partial charge is 0.472 e. The number of hydrogen-bond donors (Lipinski definition) is 2. The minimum atomic E-state index is -4.38. The van der Waals surface area contributed by atoms with E-state index in [-0.39, 0.29) is 32.6 Å². The van der Waals surface area contributed by atoms with Gasteiger partial charge in [-0.05, 0) is 64.2 Å². The number of hydrogen-bond acceptors (Lipinski definition) is 8. The zero-order valence-electron chi connectivity index (χ0n) is 31.6. The summed E-state index contributed by atoms with van der Waals surface area (Å²) in [5, 5.41) is 0. The SMILES string of the molecule is CCCC/C=C/C/C=C/CCCCCCCC(=O)OC[C@H](COP(=O)(O)OCCN)OC(=O)CCCCCCC/C=C/C=C/CCCCCC. The monoisotopic (exact) mass is 725 g/mol. The molecule has 0 aliphatic rings. The van der Waals surface area contributed by atoms with Crippen LogP contribution in [-0.4, -0.2) is 49.3 Å². The number of nitrogens with two attached hydrogens (primary N) is 1. The first-order chi connectivity index (χ1) is 24.3. The van der Waals surface area contributed by atoms with Crippen molar-refractivity contribution < 1.29 is 37.6 Å². The average molecular weight is 726 g/mol. The third-order valence-corrected chi connectivity index (χ3v) is 8.95. The maximum Gasteiger partial charge on any atom is 0.472 e. The number of allylic oxidation sites excluding steroid dienone is 8. The molecule has 0 aliphatic heterocycles. The van der Waals surface area contributed by atoms with E-state index < -0.39 is 32.5 Å². The number of ether oxygens (including phenoxy) is 2. The molecule has 0 saturated heterocycles. The van der Waals surface area contributed by atoms with E-state index in [1.165, 1.54) is 38.5 Å². The van der Waals surface area contributed by atoms with Crippen molar-refractivity contribution in [3.63, 3.8) is 0 Å². The maximum absolute atomic E-state index is 12.5. The molecule has 0 aromatic rings. The molecule has 0 amide bonds. The van der Waals surface area contributed by atoms with Crippen molar-refractivity contribution in [2.45, 2.75) is 168 Å². The molecule has 2 atom stereocenters. The van der Waals surface area contributed by atoms with E-state index in [1.807, 2.05) is 0 Å². The lowest BCUT2D eigenvalue weighted by atomic mass is 10.1. The fourth-order valence-corrected chi connectivity index (χ4v) is 5.76. The van der Waals surface area contributed by atoms with Crippen LogP contribution in [0.2, 0.25) is 0 Å². The molecule has 3 N–H and O–H groups in total. The molecule has 10 heteroatoms. The number of carbonyl (C=O) groups excluding carboxylic acids is 2. The number of phosphoric ester groups is 1. The second kappa shape index (κ2) is 36.8. The molecular weight excluding hydrogens is 653 g/mol. The van der Waals surface area contributed by atoms with Gasteiger partial charge in [-0.2, -0.15) is 0 Å². The molecule has 0 radical (unpaired) electrons. The molecule has 0 aliphatic carbocycles. The number of unbranched alkanes of at least 4 members (excludes halogenated alkanes) is 16. The van der Waals surface area contributed by atoms with Gasteiger partial charge >= 0.3 is 19.8 Å². The Morgan fingerprint density at radius 1 is 0.620 bits per heavy atom. The predicted molar refractivity (Wildman–Crippen MR) is 206 cm³/mol. The Kier molecular flexibility index (Phi) is 35.3. The van der Waals surface area contributed by atoms with E-state index >= 15 is 0 Å². The van der Waals surface area contributed by atoms with Crippen molar-refractivity contribution in [1.29, 1.82) is 0 Å². The lowest BCUT2D eigenvalue weighted by molar-refractivity contribution is -0.161. The summed E-state index contributed by atoms with van der Waals surface area (Å²) in [6.07, 6.45) is 39.9. The van der Waals surface area contributed by atoms with Gasteiger partial charge in [-0.1, -0.05) is 133 Å². The molecule has 1 unspecified atom stereocenters.